The van der Waals surface area contributed by atoms with Gasteiger partial charge in [-0.2, -0.15) is 0 Å². The number of nitrogens with zero attached hydrogens (tertiary/aromatic N) is 1. The summed E-state index contributed by atoms with van der Waals surface area (Å²) in [5.74, 6) is -0.241. The van der Waals surface area contributed by atoms with E-state index in [0.29, 0.717) is 17.4 Å². The number of anilines is 1. The van der Waals surface area contributed by atoms with Crippen molar-refractivity contribution in [3.05, 3.63) is 46.5 Å². The molecule has 0 unspecified atom stereocenters. The van der Waals surface area contributed by atoms with Crippen molar-refractivity contribution < 1.29 is 9.90 Å². The monoisotopic (exact) mass is 263 g/mol. The highest BCUT2D eigenvalue weighted by atomic mass is 32.1. The summed E-state index contributed by atoms with van der Waals surface area (Å²) in [4.78, 5) is 15.6. The number of aromatic nitrogens is 1. The van der Waals surface area contributed by atoms with E-state index >= 15 is 0 Å². The molecule has 6 heteroatoms. The molecule has 0 fully saturated rings. The number of nitrogens with one attached hydrogen (secondary N) is 1. The topological polar surface area (TPSA) is 88.2 Å². The van der Waals surface area contributed by atoms with Gasteiger partial charge in [-0.15, -0.1) is 11.3 Å². The number of hydrogen-bond acceptors (Lipinski definition) is 5. The van der Waals surface area contributed by atoms with E-state index in [4.69, 9.17) is 10.8 Å². The van der Waals surface area contributed by atoms with E-state index in [1.807, 2.05) is 24.3 Å². The van der Waals surface area contributed by atoms with Crippen LogP contribution in [-0.2, 0) is 13.2 Å². The Balaban J connectivity index is 1.92. The van der Waals surface area contributed by atoms with Crippen LogP contribution in [0.3, 0.4) is 0 Å². The molecule has 0 atom stereocenters. The molecule has 0 aliphatic heterocycles. The van der Waals surface area contributed by atoms with Gasteiger partial charge in [-0.1, -0.05) is 24.3 Å². The molecule has 4 N–H and O–H groups in total. The van der Waals surface area contributed by atoms with Crippen molar-refractivity contribution in [1.29, 1.82) is 0 Å². The Bertz CT molecular complexity index is 537. The molecule has 0 saturated carbocycles. The first kappa shape index (κ1) is 12.5. The lowest BCUT2D eigenvalue weighted by Gasteiger charge is -2.04. The van der Waals surface area contributed by atoms with Gasteiger partial charge in [0.1, 0.15) is 5.69 Å². The minimum absolute atomic E-state index is 0.0186. The fourth-order valence-corrected chi connectivity index (χ4v) is 1.97. The number of aliphatic hydroxyl groups excluding tert-OH is 1. The SMILES string of the molecule is Nc1nc(C(=O)NCc2ccc(CO)cc2)cs1. The van der Waals surface area contributed by atoms with E-state index < -0.39 is 0 Å². The van der Waals surface area contributed by atoms with Crippen LogP contribution >= 0.6 is 11.3 Å². The van der Waals surface area contributed by atoms with Gasteiger partial charge in [-0.25, -0.2) is 4.98 Å². The molecule has 1 aromatic heterocycles. The van der Waals surface area contributed by atoms with Crippen LogP contribution < -0.4 is 11.1 Å². The minimum atomic E-state index is -0.241. The smallest absolute Gasteiger partial charge is 0.271 e. The second-order valence-electron chi connectivity index (χ2n) is 3.73. The van der Waals surface area contributed by atoms with Gasteiger partial charge in [0.05, 0.1) is 6.61 Å². The Kier molecular flexibility index (Phi) is 3.91. The third kappa shape index (κ3) is 3.06. The number of aliphatic hydroxyl groups is 1. The summed E-state index contributed by atoms with van der Waals surface area (Å²) in [7, 11) is 0. The van der Waals surface area contributed by atoms with Gasteiger partial charge in [-0.05, 0) is 11.1 Å². The fourth-order valence-electron chi connectivity index (χ4n) is 1.43. The number of thiazole rings is 1. The maximum absolute atomic E-state index is 11.7. The predicted octanol–water partition coefficient (Wildman–Crippen LogP) is 1.15. The van der Waals surface area contributed by atoms with Gasteiger partial charge in [0.15, 0.2) is 5.13 Å². The highest BCUT2D eigenvalue weighted by Gasteiger charge is 2.08. The molecule has 0 spiro atoms. The van der Waals surface area contributed by atoms with Crippen molar-refractivity contribution in [2.24, 2.45) is 0 Å². The number of nitrogens with two attached hydrogens (primary N) is 1. The Morgan fingerprint density at radius 1 is 1.33 bits per heavy atom. The largest absolute Gasteiger partial charge is 0.392 e. The highest BCUT2D eigenvalue weighted by molar-refractivity contribution is 7.13. The normalized spacial score (nSPS) is 10.3. The second kappa shape index (κ2) is 5.61. The lowest BCUT2D eigenvalue weighted by molar-refractivity contribution is 0.0946. The van der Waals surface area contributed by atoms with Crippen molar-refractivity contribution >= 4 is 22.4 Å². The summed E-state index contributed by atoms with van der Waals surface area (Å²) in [6, 6.07) is 7.37. The molecule has 0 aliphatic rings. The first-order valence-corrected chi connectivity index (χ1v) is 6.25. The summed E-state index contributed by atoms with van der Waals surface area (Å²) in [6.45, 7) is 0.437. The molecule has 1 heterocycles. The predicted molar refractivity (Wildman–Crippen MR) is 70.1 cm³/mol. The van der Waals surface area contributed by atoms with E-state index in [1.54, 1.807) is 5.38 Å². The van der Waals surface area contributed by atoms with Gasteiger partial charge in [0.25, 0.3) is 5.91 Å². The minimum Gasteiger partial charge on any atom is -0.392 e. The summed E-state index contributed by atoms with van der Waals surface area (Å²) >= 11 is 1.24. The van der Waals surface area contributed by atoms with Crippen LogP contribution in [0.15, 0.2) is 29.6 Å². The fraction of sp³-hybridized carbons (Fsp3) is 0.167. The standard InChI is InChI=1S/C12H13N3O2S/c13-12-15-10(7-18-12)11(17)14-5-8-1-3-9(6-16)4-2-8/h1-4,7,16H,5-6H2,(H2,13,15)(H,14,17). The van der Waals surface area contributed by atoms with Gasteiger partial charge < -0.3 is 16.2 Å². The molecule has 1 aromatic carbocycles. The third-order valence-electron chi connectivity index (χ3n) is 2.41. The van der Waals surface area contributed by atoms with Crippen LogP contribution in [0.1, 0.15) is 21.6 Å². The van der Waals surface area contributed by atoms with Gasteiger partial charge in [-0.3, -0.25) is 4.79 Å². The van der Waals surface area contributed by atoms with Crippen molar-refractivity contribution in [3.8, 4) is 0 Å². The molecule has 94 valence electrons. The Morgan fingerprint density at radius 3 is 2.56 bits per heavy atom. The zero-order valence-corrected chi connectivity index (χ0v) is 10.4. The quantitative estimate of drug-likeness (QED) is 0.772. The lowest BCUT2D eigenvalue weighted by Crippen LogP contribution is -2.23. The summed E-state index contributed by atoms with van der Waals surface area (Å²) < 4.78 is 0. The van der Waals surface area contributed by atoms with Crippen LogP contribution in [0.5, 0.6) is 0 Å². The van der Waals surface area contributed by atoms with Crippen molar-refractivity contribution in [3.63, 3.8) is 0 Å². The van der Waals surface area contributed by atoms with E-state index in [-0.39, 0.29) is 12.5 Å². The number of hydrogen-bond donors (Lipinski definition) is 3. The molecule has 2 aromatic rings. The Morgan fingerprint density at radius 2 is 2.00 bits per heavy atom. The molecule has 0 radical (unpaired) electrons. The van der Waals surface area contributed by atoms with Gasteiger partial charge >= 0.3 is 0 Å². The lowest BCUT2D eigenvalue weighted by atomic mass is 10.1. The summed E-state index contributed by atoms with van der Waals surface area (Å²) in [5, 5.41) is 13.7. The number of amides is 1. The maximum Gasteiger partial charge on any atom is 0.271 e. The van der Waals surface area contributed by atoms with Crippen molar-refractivity contribution in [1.82, 2.24) is 10.3 Å². The Labute approximate surface area is 108 Å². The zero-order chi connectivity index (χ0) is 13.0. The molecule has 5 nitrogen and oxygen atoms in total. The molecule has 0 bridgehead atoms. The number of rotatable bonds is 4. The molecule has 18 heavy (non-hydrogen) atoms. The molecule has 0 saturated heterocycles. The molecular formula is C12H13N3O2S. The van der Waals surface area contributed by atoms with E-state index in [2.05, 4.69) is 10.3 Å². The average molecular weight is 263 g/mol. The van der Waals surface area contributed by atoms with Crippen LogP contribution in [0.25, 0.3) is 0 Å². The molecule has 0 aliphatic carbocycles. The number of carbonyl (C=O) groups excluding carboxylic acids is 1. The van der Waals surface area contributed by atoms with Crippen LogP contribution in [0.4, 0.5) is 5.13 Å². The number of nitrogen functional groups attached to an aromatic ring is 1. The van der Waals surface area contributed by atoms with Crippen LogP contribution in [0.2, 0.25) is 0 Å². The number of carbonyl (C=O) groups is 1. The molecular weight excluding hydrogens is 250 g/mol. The van der Waals surface area contributed by atoms with Crippen LogP contribution in [-0.4, -0.2) is 16.0 Å². The van der Waals surface area contributed by atoms with E-state index in [0.717, 1.165) is 11.1 Å². The molecule has 2 rings (SSSR count). The maximum atomic E-state index is 11.7. The summed E-state index contributed by atoms with van der Waals surface area (Å²) in [6.07, 6.45) is 0. The third-order valence-corrected chi connectivity index (χ3v) is 3.09. The molecule has 1 amide bonds. The highest BCUT2D eigenvalue weighted by Crippen LogP contribution is 2.11. The van der Waals surface area contributed by atoms with Gasteiger partial charge in [0.2, 0.25) is 0 Å². The van der Waals surface area contributed by atoms with Crippen molar-refractivity contribution in [2.75, 3.05) is 5.73 Å². The van der Waals surface area contributed by atoms with E-state index in [9.17, 15) is 4.79 Å². The van der Waals surface area contributed by atoms with Crippen LogP contribution in [0, 0.1) is 0 Å². The number of benzene rings is 1. The second-order valence-corrected chi connectivity index (χ2v) is 4.62. The average Bonchev–Trinajstić information content (AvgIpc) is 2.83. The first-order chi connectivity index (χ1) is 8.69. The zero-order valence-electron chi connectivity index (χ0n) is 9.59. The Hall–Kier alpha value is -1.92. The summed E-state index contributed by atoms with van der Waals surface area (Å²) in [5.41, 5.74) is 7.60. The van der Waals surface area contributed by atoms with Gasteiger partial charge in [0, 0.05) is 11.9 Å². The van der Waals surface area contributed by atoms with E-state index in [1.165, 1.54) is 11.3 Å². The first-order valence-electron chi connectivity index (χ1n) is 5.37. The van der Waals surface area contributed by atoms with Crippen molar-refractivity contribution in [2.45, 2.75) is 13.2 Å².